The quantitative estimate of drug-likeness (QED) is 0.151. The molecule has 0 bridgehead atoms. The molecule has 0 aliphatic heterocycles. The Hall–Kier alpha value is -4.98. The number of methoxy groups -OCH3 is 1. The smallest absolute Gasteiger partial charge is 0.306 e. The van der Waals surface area contributed by atoms with E-state index in [-0.39, 0.29) is 5.69 Å². The van der Waals surface area contributed by atoms with Gasteiger partial charge in [0.2, 0.25) is 11.7 Å². The van der Waals surface area contributed by atoms with Crippen molar-refractivity contribution in [1.82, 2.24) is 0 Å². The fourth-order valence-electron chi connectivity index (χ4n) is 4.38. The van der Waals surface area contributed by atoms with Gasteiger partial charge in [-0.2, -0.15) is 4.39 Å². The molecule has 0 saturated heterocycles. The van der Waals surface area contributed by atoms with Gasteiger partial charge in [-0.15, -0.1) is 0 Å². The van der Waals surface area contributed by atoms with E-state index >= 15 is 0 Å². The zero-order chi connectivity index (χ0) is 26.1. The lowest BCUT2D eigenvalue weighted by atomic mass is 9.96. The van der Waals surface area contributed by atoms with E-state index in [0.29, 0.717) is 22.5 Å². The summed E-state index contributed by atoms with van der Waals surface area (Å²) in [5, 5.41) is 16.6. The van der Waals surface area contributed by atoms with Crippen molar-refractivity contribution >= 4 is 44.6 Å². The van der Waals surface area contributed by atoms with Crippen LogP contribution in [0.2, 0.25) is 0 Å². The molecular formula is C29H21FN2O5. The van der Waals surface area contributed by atoms with E-state index in [2.05, 4.69) is 23.5 Å². The second-order valence-electron chi connectivity index (χ2n) is 8.46. The Morgan fingerprint density at radius 2 is 1.81 bits per heavy atom. The zero-order valence-electron chi connectivity index (χ0n) is 19.9. The van der Waals surface area contributed by atoms with Crippen LogP contribution in [-0.2, 0) is 4.79 Å². The predicted octanol–water partition coefficient (Wildman–Crippen LogP) is 7.35. The number of nitrogens with one attached hydrogen (secondary N) is 1. The number of carbonyl (C=O) groups is 1. The van der Waals surface area contributed by atoms with Crippen molar-refractivity contribution in [2.75, 3.05) is 12.4 Å². The number of nitro groups is 1. The number of carbonyl (C=O) groups excluding carboxylic acids is 1. The van der Waals surface area contributed by atoms with Crippen molar-refractivity contribution in [2.24, 2.45) is 0 Å². The van der Waals surface area contributed by atoms with Gasteiger partial charge in [0.15, 0.2) is 0 Å². The summed E-state index contributed by atoms with van der Waals surface area (Å²) in [5.41, 5.74) is 3.23. The maximum atomic E-state index is 13.6. The number of halogens is 1. The number of furan rings is 1. The Bertz CT molecular complexity index is 1720. The highest BCUT2D eigenvalue weighted by Crippen LogP contribution is 2.39. The molecule has 184 valence electrons. The summed E-state index contributed by atoms with van der Waals surface area (Å²) in [4.78, 5) is 22.9. The minimum atomic E-state index is -0.977. The monoisotopic (exact) mass is 496 g/mol. The standard InChI is InChI=1S/C29H21FN2O5/c1-17(12-29(33)31-19-10-11-25(30)26(13-19)32(34)35)22-14-23-24(16-37-28(23)15-27(22)36-2)21-9-5-7-18-6-3-4-8-20(18)21/h3-16H,1-2H3,(H,31,33)/b17-12+. The third kappa shape index (κ3) is 4.52. The molecule has 0 aliphatic carbocycles. The minimum Gasteiger partial charge on any atom is -0.496 e. The molecular weight excluding hydrogens is 475 g/mol. The van der Waals surface area contributed by atoms with Crippen LogP contribution in [0.15, 0.2) is 89.6 Å². The van der Waals surface area contributed by atoms with Gasteiger partial charge in [-0.05, 0) is 47.0 Å². The highest BCUT2D eigenvalue weighted by atomic mass is 19.1. The molecule has 5 aromatic rings. The van der Waals surface area contributed by atoms with Gasteiger partial charge in [-0.3, -0.25) is 14.9 Å². The number of hydrogen-bond donors (Lipinski definition) is 1. The molecule has 1 N–H and O–H groups in total. The molecule has 0 atom stereocenters. The molecule has 0 aliphatic rings. The second-order valence-corrected chi connectivity index (χ2v) is 8.46. The Labute approximate surface area is 210 Å². The maximum absolute atomic E-state index is 13.6. The van der Waals surface area contributed by atoms with Crippen LogP contribution >= 0.6 is 0 Å². The number of anilines is 1. The lowest BCUT2D eigenvalue weighted by molar-refractivity contribution is -0.387. The second kappa shape index (κ2) is 9.58. The maximum Gasteiger partial charge on any atom is 0.306 e. The highest BCUT2D eigenvalue weighted by molar-refractivity contribution is 6.07. The molecule has 1 heterocycles. The van der Waals surface area contributed by atoms with Crippen molar-refractivity contribution in [2.45, 2.75) is 6.92 Å². The summed E-state index contributed by atoms with van der Waals surface area (Å²) in [7, 11) is 1.53. The molecule has 0 fully saturated rings. The molecule has 0 spiro atoms. The van der Waals surface area contributed by atoms with Crippen LogP contribution < -0.4 is 10.1 Å². The summed E-state index contributed by atoms with van der Waals surface area (Å²) in [6.07, 6.45) is 3.07. The van der Waals surface area contributed by atoms with Crippen molar-refractivity contribution in [3.05, 3.63) is 107 Å². The Kier molecular flexibility index (Phi) is 6.15. The van der Waals surface area contributed by atoms with Gasteiger partial charge in [-0.25, -0.2) is 0 Å². The van der Waals surface area contributed by atoms with Gasteiger partial charge in [0.05, 0.1) is 18.3 Å². The van der Waals surface area contributed by atoms with Crippen LogP contribution in [0.1, 0.15) is 12.5 Å². The van der Waals surface area contributed by atoms with Crippen LogP contribution in [0, 0.1) is 15.9 Å². The van der Waals surface area contributed by atoms with Crippen molar-refractivity contribution in [3.63, 3.8) is 0 Å². The number of hydrogen-bond acceptors (Lipinski definition) is 5. The summed E-state index contributed by atoms with van der Waals surface area (Å²) < 4.78 is 25.1. The molecule has 0 unspecified atom stereocenters. The molecule has 0 radical (unpaired) electrons. The lowest BCUT2D eigenvalue weighted by Crippen LogP contribution is -2.09. The van der Waals surface area contributed by atoms with E-state index in [0.717, 1.165) is 39.4 Å². The molecule has 0 saturated carbocycles. The normalized spacial score (nSPS) is 11.6. The number of nitrogens with zero attached hydrogens (tertiary/aromatic N) is 1. The minimum absolute atomic E-state index is 0.109. The number of nitro benzene ring substituents is 1. The van der Waals surface area contributed by atoms with Gasteiger partial charge >= 0.3 is 5.69 Å². The van der Waals surface area contributed by atoms with Gasteiger partial charge in [0.25, 0.3) is 0 Å². The van der Waals surface area contributed by atoms with Crippen LogP contribution in [0.25, 0.3) is 38.4 Å². The fourth-order valence-corrected chi connectivity index (χ4v) is 4.38. The molecule has 4 aromatic carbocycles. The first-order valence-electron chi connectivity index (χ1n) is 11.4. The van der Waals surface area contributed by atoms with Crippen molar-refractivity contribution in [3.8, 4) is 16.9 Å². The Morgan fingerprint density at radius 1 is 1.03 bits per heavy atom. The predicted molar refractivity (Wildman–Crippen MR) is 141 cm³/mol. The molecule has 5 rings (SSSR count). The van der Waals surface area contributed by atoms with Gasteiger partial charge in [0.1, 0.15) is 11.3 Å². The van der Waals surface area contributed by atoms with Crippen LogP contribution in [0.5, 0.6) is 5.75 Å². The summed E-state index contributed by atoms with van der Waals surface area (Å²) in [5.74, 6) is -0.984. The molecule has 1 amide bonds. The van der Waals surface area contributed by atoms with E-state index in [4.69, 9.17) is 9.15 Å². The van der Waals surface area contributed by atoms with Gasteiger partial charge in [0, 0.05) is 40.4 Å². The van der Waals surface area contributed by atoms with Crippen LogP contribution in [-0.4, -0.2) is 17.9 Å². The number of fused-ring (bicyclic) bond motifs is 2. The van der Waals surface area contributed by atoms with Crippen LogP contribution in [0.4, 0.5) is 15.8 Å². The number of rotatable bonds is 6. The van der Waals surface area contributed by atoms with E-state index in [9.17, 15) is 19.3 Å². The first kappa shape index (κ1) is 23.7. The first-order valence-corrected chi connectivity index (χ1v) is 11.4. The van der Waals surface area contributed by atoms with Crippen molar-refractivity contribution in [1.29, 1.82) is 0 Å². The van der Waals surface area contributed by atoms with Gasteiger partial charge < -0.3 is 14.5 Å². The zero-order valence-corrected chi connectivity index (χ0v) is 19.9. The van der Waals surface area contributed by atoms with E-state index in [1.165, 1.54) is 19.3 Å². The van der Waals surface area contributed by atoms with Gasteiger partial charge in [-0.1, -0.05) is 42.5 Å². The largest absolute Gasteiger partial charge is 0.496 e. The number of allylic oxidation sites excluding steroid dienone is 1. The SMILES string of the molecule is COc1cc2occ(-c3cccc4ccccc34)c2cc1/C(C)=C/C(=O)Nc1ccc(F)c([N+](=O)[O-])c1. The van der Waals surface area contributed by atoms with E-state index in [1.54, 1.807) is 19.3 Å². The summed E-state index contributed by atoms with van der Waals surface area (Å²) in [6.45, 7) is 1.76. The third-order valence-electron chi connectivity index (χ3n) is 6.16. The molecule has 1 aromatic heterocycles. The van der Waals surface area contributed by atoms with Crippen LogP contribution in [0.3, 0.4) is 0 Å². The lowest BCUT2D eigenvalue weighted by Gasteiger charge is -2.11. The van der Waals surface area contributed by atoms with E-state index in [1.807, 2.05) is 30.3 Å². The first-order chi connectivity index (χ1) is 17.9. The number of ether oxygens (including phenoxy) is 1. The number of benzene rings is 4. The van der Waals surface area contributed by atoms with Crippen molar-refractivity contribution < 1.29 is 23.3 Å². The Balaban J connectivity index is 1.53. The molecule has 8 heteroatoms. The highest BCUT2D eigenvalue weighted by Gasteiger charge is 2.17. The Morgan fingerprint density at radius 3 is 2.59 bits per heavy atom. The summed E-state index contributed by atoms with van der Waals surface area (Å²) in [6, 6.07) is 21.0. The average Bonchev–Trinajstić information content (AvgIpc) is 3.31. The number of amides is 1. The molecule has 7 nitrogen and oxygen atoms in total. The summed E-state index contributed by atoms with van der Waals surface area (Å²) >= 11 is 0. The average molecular weight is 496 g/mol. The molecule has 37 heavy (non-hydrogen) atoms. The third-order valence-corrected chi connectivity index (χ3v) is 6.16. The topological polar surface area (TPSA) is 94.6 Å². The van der Waals surface area contributed by atoms with E-state index < -0.39 is 22.3 Å². The fraction of sp³-hybridized carbons (Fsp3) is 0.0690.